The van der Waals surface area contributed by atoms with Crippen LogP contribution in [0.5, 0.6) is 0 Å². The lowest BCUT2D eigenvalue weighted by atomic mass is 10.0. The molecular formula is C11H21NO3. The summed E-state index contributed by atoms with van der Waals surface area (Å²) in [5.41, 5.74) is 0. The topological polar surface area (TPSA) is 41.9 Å². The van der Waals surface area contributed by atoms with E-state index < -0.39 is 0 Å². The third kappa shape index (κ3) is 2.69. The molecule has 2 fully saturated rings. The highest BCUT2D eigenvalue weighted by Gasteiger charge is 2.39. The second-order valence-electron chi connectivity index (χ2n) is 4.47. The van der Waals surface area contributed by atoms with E-state index in [1.165, 1.54) is 0 Å². The normalized spacial score (nSPS) is 28.4. The van der Waals surface area contributed by atoms with Crippen LogP contribution in [0, 0.1) is 0 Å². The minimum absolute atomic E-state index is 0.190. The highest BCUT2D eigenvalue weighted by atomic mass is 16.7. The van der Waals surface area contributed by atoms with Gasteiger partial charge in [0.2, 0.25) is 0 Å². The Kier molecular flexibility index (Phi) is 3.61. The molecule has 1 N–H and O–H groups in total. The molecule has 0 bridgehead atoms. The molecule has 0 aromatic rings. The first kappa shape index (κ1) is 11.3. The Labute approximate surface area is 91.2 Å². The molecule has 2 rings (SSSR count). The molecule has 0 aromatic carbocycles. The van der Waals surface area contributed by atoms with Crippen molar-refractivity contribution in [3.05, 3.63) is 0 Å². The molecule has 0 amide bonds. The predicted octanol–water partition coefficient (Wildman–Crippen LogP) is 0.596. The highest BCUT2D eigenvalue weighted by Crippen LogP contribution is 2.31. The number of nitrogens with zero attached hydrogens (tertiary/aromatic N) is 1. The van der Waals surface area contributed by atoms with Gasteiger partial charge < -0.3 is 19.5 Å². The average molecular weight is 215 g/mol. The largest absolute Gasteiger partial charge is 0.392 e. The number of hydrogen-bond donors (Lipinski definition) is 1. The zero-order valence-corrected chi connectivity index (χ0v) is 9.45. The van der Waals surface area contributed by atoms with E-state index in [-0.39, 0.29) is 11.9 Å². The predicted molar refractivity (Wildman–Crippen MR) is 56.6 cm³/mol. The SMILES string of the molecule is CCC(O)CN1CCC2(CC1)OCCO2. The first-order valence-electron chi connectivity index (χ1n) is 5.92. The van der Waals surface area contributed by atoms with Crippen LogP contribution in [0.25, 0.3) is 0 Å². The molecule has 4 heteroatoms. The molecule has 2 aliphatic rings. The summed E-state index contributed by atoms with van der Waals surface area (Å²) >= 11 is 0. The molecule has 2 heterocycles. The average Bonchev–Trinajstić information content (AvgIpc) is 2.70. The van der Waals surface area contributed by atoms with E-state index in [9.17, 15) is 5.11 Å². The number of piperidine rings is 1. The molecule has 1 unspecified atom stereocenters. The standard InChI is InChI=1S/C11H21NO3/c1-2-10(13)9-12-5-3-11(4-6-12)14-7-8-15-11/h10,13H,2-9H2,1H3. The van der Waals surface area contributed by atoms with Crippen molar-refractivity contribution in [3.8, 4) is 0 Å². The molecule has 2 saturated heterocycles. The lowest BCUT2D eigenvalue weighted by molar-refractivity contribution is -0.186. The molecule has 0 saturated carbocycles. The van der Waals surface area contributed by atoms with Crippen LogP contribution in [0.4, 0.5) is 0 Å². The Balaban J connectivity index is 1.76. The minimum Gasteiger partial charge on any atom is -0.392 e. The molecule has 0 aromatic heterocycles. The van der Waals surface area contributed by atoms with Gasteiger partial charge in [0.1, 0.15) is 0 Å². The molecule has 1 spiro atoms. The summed E-state index contributed by atoms with van der Waals surface area (Å²) in [6.07, 6.45) is 2.51. The van der Waals surface area contributed by atoms with Crippen LogP contribution < -0.4 is 0 Å². The van der Waals surface area contributed by atoms with Crippen molar-refractivity contribution in [1.82, 2.24) is 4.90 Å². The van der Waals surface area contributed by atoms with Crippen LogP contribution in [-0.4, -0.2) is 54.7 Å². The van der Waals surface area contributed by atoms with Gasteiger partial charge in [-0.05, 0) is 6.42 Å². The second kappa shape index (κ2) is 4.78. The van der Waals surface area contributed by atoms with E-state index in [1.54, 1.807) is 0 Å². The lowest BCUT2D eigenvalue weighted by Crippen LogP contribution is -2.47. The number of β-amino-alcohol motifs (C(OH)–C–C–N with tert-alkyl or cyclic N) is 1. The summed E-state index contributed by atoms with van der Waals surface area (Å²) in [6, 6.07) is 0. The molecule has 0 aliphatic carbocycles. The fourth-order valence-corrected chi connectivity index (χ4v) is 2.29. The van der Waals surface area contributed by atoms with E-state index >= 15 is 0 Å². The quantitative estimate of drug-likeness (QED) is 0.748. The molecular weight excluding hydrogens is 194 g/mol. The van der Waals surface area contributed by atoms with Crippen molar-refractivity contribution >= 4 is 0 Å². The molecule has 1 atom stereocenters. The monoisotopic (exact) mass is 215 g/mol. The van der Waals surface area contributed by atoms with E-state index in [0.29, 0.717) is 0 Å². The van der Waals surface area contributed by atoms with Crippen molar-refractivity contribution in [2.24, 2.45) is 0 Å². The van der Waals surface area contributed by atoms with Crippen LogP contribution in [0.15, 0.2) is 0 Å². The fraction of sp³-hybridized carbons (Fsp3) is 1.00. The Bertz CT molecular complexity index is 194. The van der Waals surface area contributed by atoms with Gasteiger partial charge in [-0.3, -0.25) is 0 Å². The van der Waals surface area contributed by atoms with E-state index in [2.05, 4.69) is 4.90 Å². The Morgan fingerprint density at radius 1 is 1.27 bits per heavy atom. The zero-order valence-electron chi connectivity index (χ0n) is 9.45. The van der Waals surface area contributed by atoms with Gasteiger partial charge in [0, 0.05) is 32.5 Å². The van der Waals surface area contributed by atoms with Crippen molar-refractivity contribution < 1.29 is 14.6 Å². The van der Waals surface area contributed by atoms with Crippen molar-refractivity contribution in [2.45, 2.75) is 38.1 Å². The number of likely N-dealkylation sites (tertiary alicyclic amines) is 1. The van der Waals surface area contributed by atoms with Gasteiger partial charge in [0.15, 0.2) is 5.79 Å². The van der Waals surface area contributed by atoms with Gasteiger partial charge in [-0.15, -0.1) is 0 Å². The summed E-state index contributed by atoms with van der Waals surface area (Å²) in [6.45, 7) is 6.20. The van der Waals surface area contributed by atoms with Gasteiger partial charge in [-0.25, -0.2) is 0 Å². The smallest absolute Gasteiger partial charge is 0.170 e. The van der Waals surface area contributed by atoms with Crippen molar-refractivity contribution in [3.63, 3.8) is 0 Å². The van der Waals surface area contributed by atoms with E-state index in [4.69, 9.17) is 9.47 Å². The molecule has 0 radical (unpaired) electrons. The van der Waals surface area contributed by atoms with Gasteiger partial charge in [-0.1, -0.05) is 6.92 Å². The van der Waals surface area contributed by atoms with Crippen molar-refractivity contribution in [2.75, 3.05) is 32.8 Å². The molecule has 88 valence electrons. The highest BCUT2D eigenvalue weighted by molar-refractivity contribution is 4.83. The van der Waals surface area contributed by atoms with E-state index in [0.717, 1.165) is 52.1 Å². The summed E-state index contributed by atoms with van der Waals surface area (Å²) in [5.74, 6) is -0.284. The summed E-state index contributed by atoms with van der Waals surface area (Å²) in [4.78, 5) is 2.30. The number of rotatable bonds is 3. The maximum atomic E-state index is 9.56. The maximum absolute atomic E-state index is 9.56. The first-order chi connectivity index (χ1) is 7.24. The maximum Gasteiger partial charge on any atom is 0.170 e. The van der Waals surface area contributed by atoms with Gasteiger partial charge in [-0.2, -0.15) is 0 Å². The number of aliphatic hydroxyl groups excluding tert-OH is 1. The summed E-state index contributed by atoms with van der Waals surface area (Å²) in [7, 11) is 0. The van der Waals surface area contributed by atoms with Crippen LogP contribution in [0.1, 0.15) is 26.2 Å². The lowest BCUT2D eigenvalue weighted by Gasteiger charge is -2.38. The summed E-state index contributed by atoms with van der Waals surface area (Å²) < 4.78 is 11.3. The van der Waals surface area contributed by atoms with Gasteiger partial charge >= 0.3 is 0 Å². The van der Waals surface area contributed by atoms with Crippen LogP contribution >= 0.6 is 0 Å². The third-order valence-electron chi connectivity index (χ3n) is 3.37. The van der Waals surface area contributed by atoms with E-state index in [1.807, 2.05) is 6.92 Å². The van der Waals surface area contributed by atoms with Gasteiger partial charge in [0.05, 0.1) is 19.3 Å². The van der Waals surface area contributed by atoms with Crippen LogP contribution in [0.2, 0.25) is 0 Å². The zero-order chi connectivity index (χ0) is 10.7. The Hall–Kier alpha value is -0.160. The molecule has 4 nitrogen and oxygen atoms in total. The number of aliphatic hydroxyl groups is 1. The van der Waals surface area contributed by atoms with Crippen molar-refractivity contribution in [1.29, 1.82) is 0 Å². The second-order valence-corrected chi connectivity index (χ2v) is 4.47. The summed E-state index contributed by atoms with van der Waals surface area (Å²) in [5, 5.41) is 9.56. The van der Waals surface area contributed by atoms with Crippen LogP contribution in [-0.2, 0) is 9.47 Å². The fourth-order valence-electron chi connectivity index (χ4n) is 2.29. The number of ether oxygens (including phenoxy) is 2. The number of hydrogen-bond acceptors (Lipinski definition) is 4. The van der Waals surface area contributed by atoms with Crippen LogP contribution in [0.3, 0.4) is 0 Å². The molecule has 15 heavy (non-hydrogen) atoms. The minimum atomic E-state index is -0.284. The Morgan fingerprint density at radius 3 is 2.40 bits per heavy atom. The molecule has 2 aliphatic heterocycles. The third-order valence-corrected chi connectivity index (χ3v) is 3.37. The first-order valence-corrected chi connectivity index (χ1v) is 5.92. The Morgan fingerprint density at radius 2 is 1.87 bits per heavy atom. The van der Waals surface area contributed by atoms with Gasteiger partial charge in [0.25, 0.3) is 0 Å².